The summed E-state index contributed by atoms with van der Waals surface area (Å²) in [7, 11) is 1.29. The molecule has 0 aliphatic heterocycles. The molecule has 3 rings (SSSR count). The van der Waals surface area contributed by atoms with Gasteiger partial charge in [0, 0.05) is 17.0 Å². The number of carbonyl (C=O) groups excluding carboxylic acids is 1. The molecule has 0 radical (unpaired) electrons. The molecule has 0 N–H and O–H groups in total. The van der Waals surface area contributed by atoms with E-state index in [0.717, 1.165) is 12.1 Å². The van der Waals surface area contributed by atoms with Crippen molar-refractivity contribution in [1.82, 2.24) is 4.98 Å². The quantitative estimate of drug-likeness (QED) is 0.637. The number of pyridine rings is 1. The van der Waals surface area contributed by atoms with Crippen molar-refractivity contribution in [2.75, 3.05) is 7.11 Å². The molecule has 3 aromatic rings. The number of nitrogens with zero attached hydrogens (tertiary/aromatic N) is 1. The van der Waals surface area contributed by atoms with Gasteiger partial charge < -0.3 is 9.47 Å². The van der Waals surface area contributed by atoms with Crippen molar-refractivity contribution in [3.05, 3.63) is 66.0 Å². The van der Waals surface area contributed by atoms with Crippen molar-refractivity contribution in [3.63, 3.8) is 0 Å². The molecule has 0 saturated heterocycles. The van der Waals surface area contributed by atoms with E-state index in [0.29, 0.717) is 22.1 Å². The number of halogens is 3. The molecule has 0 aliphatic rings. The van der Waals surface area contributed by atoms with Crippen molar-refractivity contribution in [2.45, 2.75) is 6.18 Å². The van der Waals surface area contributed by atoms with Crippen molar-refractivity contribution in [3.8, 4) is 11.5 Å². The van der Waals surface area contributed by atoms with Gasteiger partial charge in [0.15, 0.2) is 5.75 Å². The molecule has 0 fully saturated rings. The predicted molar refractivity (Wildman–Crippen MR) is 84.6 cm³/mol. The Morgan fingerprint density at radius 1 is 1.04 bits per heavy atom. The van der Waals surface area contributed by atoms with Crippen LogP contribution in [-0.2, 0) is 10.9 Å². The molecule has 0 atom stereocenters. The zero-order chi connectivity index (χ0) is 18.0. The van der Waals surface area contributed by atoms with Crippen LogP contribution in [0.5, 0.6) is 11.5 Å². The molecule has 0 spiro atoms. The molecule has 1 aromatic heterocycles. The Balaban J connectivity index is 1.92. The minimum absolute atomic E-state index is 0.249. The average molecular weight is 347 g/mol. The third kappa shape index (κ3) is 3.55. The molecule has 128 valence electrons. The first kappa shape index (κ1) is 16.8. The summed E-state index contributed by atoms with van der Waals surface area (Å²) in [5.41, 5.74) is -0.387. The van der Waals surface area contributed by atoms with E-state index in [1.165, 1.54) is 25.4 Å². The van der Waals surface area contributed by atoms with Crippen LogP contribution in [-0.4, -0.2) is 18.1 Å². The van der Waals surface area contributed by atoms with Gasteiger partial charge in [-0.3, -0.25) is 4.98 Å². The van der Waals surface area contributed by atoms with Gasteiger partial charge in [0.05, 0.1) is 24.4 Å². The van der Waals surface area contributed by atoms with Crippen LogP contribution in [0.3, 0.4) is 0 Å². The Morgan fingerprint density at radius 3 is 2.40 bits per heavy atom. The Labute approximate surface area is 140 Å². The van der Waals surface area contributed by atoms with E-state index in [1.807, 2.05) is 0 Å². The van der Waals surface area contributed by atoms with Crippen LogP contribution in [0.1, 0.15) is 15.9 Å². The molecule has 2 aromatic carbocycles. The minimum atomic E-state index is -4.40. The van der Waals surface area contributed by atoms with Gasteiger partial charge in [-0.25, -0.2) is 4.79 Å². The normalized spacial score (nSPS) is 11.4. The van der Waals surface area contributed by atoms with E-state index in [2.05, 4.69) is 9.72 Å². The second kappa shape index (κ2) is 6.43. The number of fused-ring (bicyclic) bond motifs is 1. The van der Waals surface area contributed by atoms with E-state index in [-0.39, 0.29) is 5.75 Å². The fraction of sp³-hybridized carbons (Fsp3) is 0.111. The Kier molecular flexibility index (Phi) is 4.31. The largest absolute Gasteiger partial charge is 0.465 e. The number of methoxy groups -OCH3 is 1. The second-order valence-corrected chi connectivity index (χ2v) is 5.19. The van der Waals surface area contributed by atoms with Crippen LogP contribution < -0.4 is 4.74 Å². The summed E-state index contributed by atoms with van der Waals surface area (Å²) in [6.07, 6.45) is -1.39. The third-order valence-electron chi connectivity index (χ3n) is 3.55. The van der Waals surface area contributed by atoms with Gasteiger partial charge in [-0.2, -0.15) is 13.2 Å². The number of benzene rings is 2. The molecular weight excluding hydrogens is 335 g/mol. The van der Waals surface area contributed by atoms with Crippen molar-refractivity contribution in [1.29, 1.82) is 0 Å². The first-order chi connectivity index (χ1) is 11.9. The zero-order valence-electron chi connectivity index (χ0n) is 13.0. The Bertz CT molecular complexity index is 921. The smallest absolute Gasteiger partial charge is 0.416 e. The number of hydrogen-bond donors (Lipinski definition) is 0. The number of carbonyl (C=O) groups is 1. The van der Waals surface area contributed by atoms with E-state index in [1.54, 1.807) is 24.4 Å². The molecule has 0 amide bonds. The van der Waals surface area contributed by atoms with Gasteiger partial charge in [-0.15, -0.1) is 0 Å². The lowest BCUT2D eigenvalue weighted by Gasteiger charge is -2.11. The fourth-order valence-corrected chi connectivity index (χ4v) is 2.31. The number of esters is 1. The van der Waals surface area contributed by atoms with E-state index in [9.17, 15) is 18.0 Å². The summed E-state index contributed by atoms with van der Waals surface area (Å²) in [6, 6.07) is 9.23. The van der Waals surface area contributed by atoms with Crippen LogP contribution >= 0.6 is 0 Å². The summed E-state index contributed by atoms with van der Waals surface area (Å²) in [6.45, 7) is 0. The van der Waals surface area contributed by atoms with Crippen LogP contribution in [0.4, 0.5) is 13.2 Å². The molecule has 0 unspecified atom stereocenters. The van der Waals surface area contributed by atoms with Gasteiger partial charge in [-0.05, 0) is 42.5 Å². The van der Waals surface area contributed by atoms with Crippen molar-refractivity contribution < 1.29 is 27.4 Å². The van der Waals surface area contributed by atoms with E-state index >= 15 is 0 Å². The third-order valence-corrected chi connectivity index (χ3v) is 3.55. The highest BCUT2D eigenvalue weighted by Gasteiger charge is 2.30. The van der Waals surface area contributed by atoms with Crippen molar-refractivity contribution >= 4 is 16.7 Å². The number of hydrogen-bond acceptors (Lipinski definition) is 4. The topological polar surface area (TPSA) is 48.4 Å². The fourth-order valence-electron chi connectivity index (χ4n) is 2.31. The van der Waals surface area contributed by atoms with Gasteiger partial charge in [-0.1, -0.05) is 0 Å². The second-order valence-electron chi connectivity index (χ2n) is 5.19. The molecule has 4 nitrogen and oxygen atoms in total. The number of ether oxygens (including phenoxy) is 2. The lowest BCUT2D eigenvalue weighted by atomic mass is 10.1. The van der Waals surface area contributed by atoms with Crippen LogP contribution in [0.15, 0.2) is 54.9 Å². The van der Waals surface area contributed by atoms with Gasteiger partial charge in [0.2, 0.25) is 0 Å². The lowest BCUT2D eigenvalue weighted by Crippen LogP contribution is -2.04. The minimum Gasteiger partial charge on any atom is -0.465 e. The van der Waals surface area contributed by atoms with Crippen molar-refractivity contribution in [2.24, 2.45) is 0 Å². The maximum atomic E-state index is 12.6. The maximum Gasteiger partial charge on any atom is 0.416 e. The summed E-state index contributed by atoms with van der Waals surface area (Å²) in [5, 5.41) is 1.31. The number of rotatable bonds is 3. The van der Waals surface area contributed by atoms with Crippen LogP contribution in [0.25, 0.3) is 10.8 Å². The molecule has 25 heavy (non-hydrogen) atoms. The molecule has 7 heteroatoms. The lowest BCUT2D eigenvalue weighted by molar-refractivity contribution is -0.137. The van der Waals surface area contributed by atoms with Gasteiger partial charge in [0.25, 0.3) is 0 Å². The number of alkyl halides is 3. The Hall–Kier alpha value is -3.09. The van der Waals surface area contributed by atoms with E-state index in [4.69, 9.17) is 4.74 Å². The monoisotopic (exact) mass is 347 g/mol. The van der Waals surface area contributed by atoms with Gasteiger partial charge in [0.1, 0.15) is 5.75 Å². The predicted octanol–water partition coefficient (Wildman–Crippen LogP) is 4.83. The van der Waals surface area contributed by atoms with E-state index < -0.39 is 17.7 Å². The zero-order valence-corrected chi connectivity index (χ0v) is 13.0. The maximum absolute atomic E-state index is 12.6. The first-order valence-corrected chi connectivity index (χ1v) is 7.19. The van der Waals surface area contributed by atoms with Crippen LogP contribution in [0.2, 0.25) is 0 Å². The molecule has 0 aliphatic carbocycles. The standard InChI is InChI=1S/C18H12F3NO3/c1-24-17(23)11-2-7-15-12(8-11)9-22-10-16(15)25-14-5-3-13(4-6-14)18(19,20)21/h2-10H,1H3. The SMILES string of the molecule is COC(=O)c1ccc2c(Oc3ccc(C(F)(F)F)cc3)cncc2c1. The molecule has 0 saturated carbocycles. The molecule has 1 heterocycles. The highest BCUT2D eigenvalue weighted by Crippen LogP contribution is 2.33. The van der Waals surface area contributed by atoms with Gasteiger partial charge >= 0.3 is 12.1 Å². The summed E-state index contributed by atoms with van der Waals surface area (Å²) >= 11 is 0. The summed E-state index contributed by atoms with van der Waals surface area (Å²) in [5.74, 6) is 0.143. The highest BCUT2D eigenvalue weighted by molar-refractivity contribution is 5.96. The van der Waals surface area contributed by atoms with Crippen LogP contribution in [0, 0.1) is 0 Å². The summed E-state index contributed by atoms with van der Waals surface area (Å²) < 4.78 is 48.1. The average Bonchev–Trinajstić information content (AvgIpc) is 2.60. The molecular formula is C18H12F3NO3. The first-order valence-electron chi connectivity index (χ1n) is 7.19. The Morgan fingerprint density at radius 2 is 1.76 bits per heavy atom. The highest BCUT2D eigenvalue weighted by atomic mass is 19.4. The number of aromatic nitrogens is 1. The molecule has 0 bridgehead atoms. The summed E-state index contributed by atoms with van der Waals surface area (Å²) in [4.78, 5) is 15.6.